The van der Waals surface area contributed by atoms with Gasteiger partial charge >= 0.3 is 0 Å². The molecule has 0 fully saturated rings. The van der Waals surface area contributed by atoms with Crippen molar-refractivity contribution in [3.63, 3.8) is 0 Å². The average molecular weight is 211 g/mol. The minimum Gasteiger partial charge on any atom is -0.387 e. The van der Waals surface area contributed by atoms with Gasteiger partial charge in [-0.1, -0.05) is 11.6 Å². The van der Waals surface area contributed by atoms with Crippen LogP contribution in [-0.4, -0.2) is 12.0 Å². The molecule has 0 aliphatic rings. The Labute approximate surface area is 85.7 Å². The summed E-state index contributed by atoms with van der Waals surface area (Å²) >= 11 is 5.97. The summed E-state index contributed by atoms with van der Waals surface area (Å²) in [7, 11) is 1.76. The van der Waals surface area contributed by atoms with Crippen LogP contribution in [0.15, 0.2) is 24.4 Å². The Hall–Kier alpha value is -1.35. The fourth-order valence-corrected chi connectivity index (χ4v) is 1.66. The van der Waals surface area contributed by atoms with Crippen LogP contribution < -0.4 is 5.32 Å². The molecular formula is C10H8ClFN2. The van der Waals surface area contributed by atoms with E-state index in [9.17, 15) is 4.39 Å². The Bertz CT molecular complexity index is 485. The monoisotopic (exact) mass is 210 g/mol. The van der Waals surface area contributed by atoms with E-state index in [0.29, 0.717) is 15.9 Å². The highest BCUT2D eigenvalue weighted by Gasteiger charge is 2.08. The number of rotatable bonds is 1. The summed E-state index contributed by atoms with van der Waals surface area (Å²) in [5.41, 5.74) is 1.07. The molecule has 0 aliphatic carbocycles. The highest BCUT2D eigenvalue weighted by atomic mass is 35.5. The zero-order valence-electron chi connectivity index (χ0n) is 7.51. The number of nitrogens with one attached hydrogen (secondary N) is 1. The zero-order valence-corrected chi connectivity index (χ0v) is 8.27. The molecule has 1 aromatic heterocycles. The van der Waals surface area contributed by atoms with Gasteiger partial charge in [-0.2, -0.15) is 0 Å². The van der Waals surface area contributed by atoms with Gasteiger partial charge in [0.05, 0.1) is 5.02 Å². The van der Waals surface area contributed by atoms with E-state index in [1.165, 1.54) is 12.1 Å². The highest BCUT2D eigenvalue weighted by molar-refractivity contribution is 6.36. The third-order valence-corrected chi connectivity index (χ3v) is 2.38. The maximum absolute atomic E-state index is 13.3. The van der Waals surface area contributed by atoms with Gasteiger partial charge < -0.3 is 5.32 Å². The first-order valence-electron chi connectivity index (χ1n) is 4.14. The molecule has 0 bridgehead atoms. The number of halogens is 2. The van der Waals surface area contributed by atoms with Crippen molar-refractivity contribution in [2.45, 2.75) is 0 Å². The number of hydrogen-bond donors (Lipinski definition) is 1. The fraction of sp³-hybridized carbons (Fsp3) is 0.100. The lowest BCUT2D eigenvalue weighted by molar-refractivity contribution is 0.637. The van der Waals surface area contributed by atoms with Gasteiger partial charge in [-0.05, 0) is 18.2 Å². The molecule has 1 heterocycles. The largest absolute Gasteiger partial charge is 0.387 e. The van der Waals surface area contributed by atoms with Gasteiger partial charge in [0.25, 0.3) is 0 Å². The second kappa shape index (κ2) is 3.42. The molecule has 0 atom stereocenters. The van der Waals surface area contributed by atoms with Crippen molar-refractivity contribution in [2.75, 3.05) is 12.4 Å². The SMILES string of the molecule is CNc1ccnc2c(F)ccc(Cl)c12. The Morgan fingerprint density at radius 3 is 2.86 bits per heavy atom. The standard InChI is InChI=1S/C10H8ClFN2/c1-13-8-4-5-14-10-7(12)3-2-6(11)9(8)10/h2-5H,1H3,(H,13,14). The van der Waals surface area contributed by atoms with E-state index in [-0.39, 0.29) is 5.82 Å². The first-order chi connectivity index (χ1) is 6.74. The second-order valence-electron chi connectivity index (χ2n) is 2.86. The molecule has 1 N–H and O–H groups in total. The number of nitrogens with zero attached hydrogens (tertiary/aromatic N) is 1. The van der Waals surface area contributed by atoms with Gasteiger partial charge in [0.1, 0.15) is 11.3 Å². The first kappa shape index (κ1) is 9.21. The second-order valence-corrected chi connectivity index (χ2v) is 3.27. The van der Waals surface area contributed by atoms with E-state index >= 15 is 0 Å². The molecule has 14 heavy (non-hydrogen) atoms. The molecule has 2 nitrogen and oxygen atoms in total. The summed E-state index contributed by atoms with van der Waals surface area (Å²) < 4.78 is 13.3. The van der Waals surface area contributed by atoms with Gasteiger partial charge in [0.15, 0.2) is 0 Å². The van der Waals surface area contributed by atoms with E-state index in [0.717, 1.165) is 5.69 Å². The Balaban J connectivity index is 2.92. The molecule has 0 amide bonds. The maximum atomic E-state index is 13.3. The van der Waals surface area contributed by atoms with Crippen LogP contribution in [0, 0.1) is 5.82 Å². The molecular weight excluding hydrogens is 203 g/mol. The smallest absolute Gasteiger partial charge is 0.149 e. The van der Waals surface area contributed by atoms with Gasteiger partial charge in [0.2, 0.25) is 0 Å². The Morgan fingerprint density at radius 2 is 2.14 bits per heavy atom. The van der Waals surface area contributed by atoms with Crippen LogP contribution in [0.2, 0.25) is 5.02 Å². The first-order valence-corrected chi connectivity index (χ1v) is 4.52. The summed E-state index contributed by atoms with van der Waals surface area (Å²) in [6.45, 7) is 0. The number of hydrogen-bond acceptors (Lipinski definition) is 2. The van der Waals surface area contributed by atoms with E-state index < -0.39 is 0 Å². The molecule has 4 heteroatoms. The van der Waals surface area contributed by atoms with Crippen LogP contribution in [0.3, 0.4) is 0 Å². The number of anilines is 1. The van der Waals surface area contributed by atoms with Crippen molar-refractivity contribution in [1.29, 1.82) is 0 Å². The van der Waals surface area contributed by atoms with E-state index in [1.54, 1.807) is 19.3 Å². The lowest BCUT2D eigenvalue weighted by Gasteiger charge is -2.06. The van der Waals surface area contributed by atoms with Crippen molar-refractivity contribution >= 4 is 28.2 Å². The normalized spacial score (nSPS) is 10.5. The fourth-order valence-electron chi connectivity index (χ4n) is 1.40. The predicted molar refractivity (Wildman–Crippen MR) is 56.3 cm³/mol. The number of pyridine rings is 1. The maximum Gasteiger partial charge on any atom is 0.149 e. The van der Waals surface area contributed by atoms with Crippen molar-refractivity contribution in [3.8, 4) is 0 Å². The van der Waals surface area contributed by atoms with Gasteiger partial charge in [0, 0.05) is 24.3 Å². The minimum atomic E-state index is -0.360. The summed E-state index contributed by atoms with van der Waals surface area (Å²) in [6, 6.07) is 4.60. The summed E-state index contributed by atoms with van der Waals surface area (Å²) in [4.78, 5) is 3.95. The molecule has 2 rings (SSSR count). The Morgan fingerprint density at radius 1 is 1.36 bits per heavy atom. The molecule has 0 saturated carbocycles. The summed E-state index contributed by atoms with van der Waals surface area (Å²) in [5.74, 6) is -0.360. The van der Waals surface area contributed by atoms with Gasteiger partial charge in [-0.15, -0.1) is 0 Å². The number of benzene rings is 1. The van der Waals surface area contributed by atoms with E-state index in [1.807, 2.05) is 0 Å². The van der Waals surface area contributed by atoms with Crippen LogP contribution in [0.25, 0.3) is 10.9 Å². The van der Waals surface area contributed by atoms with Crippen molar-refractivity contribution < 1.29 is 4.39 Å². The van der Waals surface area contributed by atoms with Crippen molar-refractivity contribution in [2.24, 2.45) is 0 Å². The molecule has 2 aromatic rings. The zero-order chi connectivity index (χ0) is 10.1. The quantitative estimate of drug-likeness (QED) is 0.783. The van der Waals surface area contributed by atoms with E-state index in [4.69, 9.17) is 11.6 Å². The minimum absolute atomic E-state index is 0.296. The van der Waals surface area contributed by atoms with Crippen LogP contribution in [0.5, 0.6) is 0 Å². The van der Waals surface area contributed by atoms with Crippen LogP contribution in [0.1, 0.15) is 0 Å². The van der Waals surface area contributed by atoms with E-state index in [2.05, 4.69) is 10.3 Å². The Kier molecular flexibility index (Phi) is 2.25. The predicted octanol–water partition coefficient (Wildman–Crippen LogP) is 3.07. The third-order valence-electron chi connectivity index (χ3n) is 2.06. The molecule has 72 valence electrons. The molecule has 0 aliphatic heterocycles. The molecule has 1 aromatic carbocycles. The van der Waals surface area contributed by atoms with Crippen LogP contribution >= 0.6 is 11.6 Å². The van der Waals surface area contributed by atoms with Crippen molar-refractivity contribution in [1.82, 2.24) is 4.98 Å². The summed E-state index contributed by atoms with van der Waals surface area (Å²) in [6.07, 6.45) is 1.55. The van der Waals surface area contributed by atoms with Crippen LogP contribution in [-0.2, 0) is 0 Å². The molecule has 0 saturated heterocycles. The van der Waals surface area contributed by atoms with Gasteiger partial charge in [-0.25, -0.2) is 4.39 Å². The highest BCUT2D eigenvalue weighted by Crippen LogP contribution is 2.30. The molecule has 0 spiro atoms. The summed E-state index contributed by atoms with van der Waals surface area (Å²) in [5, 5.41) is 4.07. The van der Waals surface area contributed by atoms with Gasteiger partial charge in [-0.3, -0.25) is 4.98 Å². The average Bonchev–Trinajstić information content (AvgIpc) is 2.23. The molecule has 0 radical (unpaired) electrons. The van der Waals surface area contributed by atoms with Crippen LogP contribution in [0.4, 0.5) is 10.1 Å². The topological polar surface area (TPSA) is 24.9 Å². The number of fused-ring (bicyclic) bond motifs is 1. The molecule has 0 unspecified atom stereocenters. The van der Waals surface area contributed by atoms with Crippen molar-refractivity contribution in [3.05, 3.63) is 35.2 Å². The lowest BCUT2D eigenvalue weighted by Crippen LogP contribution is -1.93. The third kappa shape index (κ3) is 1.30. The lowest BCUT2D eigenvalue weighted by atomic mass is 10.2. The number of aromatic nitrogens is 1.